The Morgan fingerprint density at radius 2 is 2.17 bits per heavy atom. The number of benzene rings is 1. The fourth-order valence-electron chi connectivity index (χ4n) is 3.85. The third-order valence-electron chi connectivity index (χ3n) is 5.95. The molecule has 194 valence electrons. The molecule has 0 spiro atoms. The van der Waals surface area contributed by atoms with Gasteiger partial charge in [0.05, 0.1) is 30.4 Å². The van der Waals surface area contributed by atoms with E-state index in [1.807, 2.05) is 6.92 Å². The molecule has 13 heteroatoms. The summed E-state index contributed by atoms with van der Waals surface area (Å²) in [6.45, 7) is 3.06. The van der Waals surface area contributed by atoms with Gasteiger partial charge < -0.3 is 20.3 Å². The van der Waals surface area contributed by atoms with Crippen molar-refractivity contribution < 1.29 is 28.3 Å². The molecular weight excluding hydrogens is 495 g/mol. The zero-order valence-corrected chi connectivity index (χ0v) is 20.8. The highest BCUT2D eigenvalue weighted by Gasteiger charge is 2.28. The molecule has 4 rings (SSSR count). The van der Waals surface area contributed by atoms with Crippen molar-refractivity contribution in [3.05, 3.63) is 46.0 Å². The number of aromatic nitrogens is 2. The van der Waals surface area contributed by atoms with Gasteiger partial charge in [-0.25, -0.2) is 19.0 Å². The number of anilines is 1. The Balaban J connectivity index is 1.40. The number of hydrogen-bond acceptors (Lipinski definition) is 6. The zero-order chi connectivity index (χ0) is 25.8. The van der Waals surface area contributed by atoms with Crippen LogP contribution in [0.2, 0.25) is 5.02 Å². The van der Waals surface area contributed by atoms with E-state index in [1.54, 1.807) is 9.58 Å². The molecule has 1 saturated carbocycles. The van der Waals surface area contributed by atoms with Crippen LogP contribution in [0.4, 0.5) is 19.7 Å². The topological polar surface area (TPSA) is 118 Å². The number of rotatable bonds is 9. The Labute approximate surface area is 212 Å². The summed E-state index contributed by atoms with van der Waals surface area (Å²) in [7, 11) is 1.47. The van der Waals surface area contributed by atoms with Crippen molar-refractivity contribution in [1.29, 1.82) is 0 Å². The summed E-state index contributed by atoms with van der Waals surface area (Å²) in [5, 5.41) is 11.1. The molecule has 11 nitrogen and oxygen atoms in total. The van der Waals surface area contributed by atoms with Gasteiger partial charge in [-0.3, -0.25) is 14.3 Å². The lowest BCUT2D eigenvalue weighted by Gasteiger charge is -2.27. The average molecular weight is 523 g/mol. The molecule has 2 aliphatic rings. The van der Waals surface area contributed by atoms with Crippen LogP contribution in [0.3, 0.4) is 0 Å². The molecule has 1 atom stereocenters. The first-order valence-corrected chi connectivity index (χ1v) is 12.0. The predicted molar refractivity (Wildman–Crippen MR) is 128 cm³/mol. The van der Waals surface area contributed by atoms with Gasteiger partial charge >= 0.3 is 12.1 Å². The van der Waals surface area contributed by atoms with Crippen LogP contribution in [0.5, 0.6) is 0 Å². The molecule has 2 heterocycles. The molecule has 36 heavy (non-hydrogen) atoms. The molecular formula is C23H28ClFN6O5. The number of hydroxylamine groups is 2. The van der Waals surface area contributed by atoms with Crippen LogP contribution >= 0.6 is 11.6 Å². The molecule has 1 aliphatic carbocycles. The molecule has 1 unspecified atom stereocenters. The molecule has 0 radical (unpaired) electrons. The van der Waals surface area contributed by atoms with Crippen LogP contribution in [0.1, 0.15) is 29.8 Å². The molecule has 1 aliphatic heterocycles. The van der Waals surface area contributed by atoms with Gasteiger partial charge in [-0.2, -0.15) is 5.10 Å². The van der Waals surface area contributed by atoms with Gasteiger partial charge in [-0.15, -0.1) is 0 Å². The number of urea groups is 1. The largest absolute Gasteiger partial charge is 0.446 e. The maximum Gasteiger partial charge on any atom is 0.407 e. The summed E-state index contributed by atoms with van der Waals surface area (Å²) in [5.74, 6) is -0.558. The van der Waals surface area contributed by atoms with Crippen LogP contribution in [0.25, 0.3) is 0 Å². The smallest absolute Gasteiger partial charge is 0.407 e. The first-order valence-electron chi connectivity index (χ1n) is 11.6. The van der Waals surface area contributed by atoms with Crippen LogP contribution in [0.15, 0.2) is 18.2 Å². The van der Waals surface area contributed by atoms with E-state index >= 15 is 0 Å². The second kappa shape index (κ2) is 11.1. The molecule has 0 bridgehead atoms. The van der Waals surface area contributed by atoms with Crippen molar-refractivity contribution in [2.75, 3.05) is 25.5 Å². The highest BCUT2D eigenvalue weighted by molar-refractivity contribution is 6.31. The molecule has 1 fully saturated rings. The van der Waals surface area contributed by atoms with E-state index in [0.717, 1.165) is 34.9 Å². The summed E-state index contributed by atoms with van der Waals surface area (Å²) < 4.78 is 20.3. The molecule has 1 aromatic heterocycles. The maximum absolute atomic E-state index is 13.4. The fourth-order valence-corrected chi connectivity index (χ4v) is 4.04. The van der Waals surface area contributed by atoms with Crippen LogP contribution in [-0.4, -0.2) is 70.6 Å². The Bertz CT molecular complexity index is 1140. The van der Waals surface area contributed by atoms with Crippen molar-refractivity contribution in [3.8, 4) is 0 Å². The summed E-state index contributed by atoms with van der Waals surface area (Å²) in [4.78, 5) is 43.1. The number of carbonyl (C=O) groups is 3. The number of alkyl carbamates (subject to hydrolysis) is 1. The second-order valence-electron chi connectivity index (χ2n) is 8.79. The van der Waals surface area contributed by atoms with E-state index in [1.165, 1.54) is 25.2 Å². The maximum atomic E-state index is 13.4. The highest BCUT2D eigenvalue weighted by Crippen LogP contribution is 2.25. The number of nitrogens with zero attached hydrogens (tertiary/aromatic N) is 4. The molecule has 0 saturated heterocycles. The summed E-state index contributed by atoms with van der Waals surface area (Å²) in [6.07, 6.45) is 1.67. The standard InChI is InChI=1S/C23H28ClFN6O5/c1-14-18-12-30(22(33)27-15-3-6-20(25)19(24)9-15)8-7-21(18)28-31(14)11-17(36-29(2)13-32)10-26-23(34)35-16-4-5-16/h3,6,9,13,16-17H,4-5,7-8,10-12H2,1-2H3,(H,26,34)(H,27,33). The highest BCUT2D eigenvalue weighted by atomic mass is 35.5. The van der Waals surface area contributed by atoms with Gasteiger partial charge in [-0.1, -0.05) is 11.6 Å². The first kappa shape index (κ1) is 25.7. The summed E-state index contributed by atoms with van der Waals surface area (Å²) >= 11 is 5.81. The minimum atomic E-state index is -0.588. The third-order valence-corrected chi connectivity index (χ3v) is 6.24. The molecule has 4 amide bonds. The first-order chi connectivity index (χ1) is 17.2. The van der Waals surface area contributed by atoms with Crippen molar-refractivity contribution in [3.63, 3.8) is 0 Å². The van der Waals surface area contributed by atoms with E-state index in [9.17, 15) is 18.8 Å². The van der Waals surface area contributed by atoms with Crippen LogP contribution in [0, 0.1) is 12.7 Å². The van der Waals surface area contributed by atoms with Crippen LogP contribution in [-0.2, 0) is 33.9 Å². The van der Waals surface area contributed by atoms with Gasteiger partial charge in [-0.05, 0) is 38.0 Å². The predicted octanol–water partition coefficient (Wildman–Crippen LogP) is 2.85. The Kier molecular flexibility index (Phi) is 7.94. The van der Waals surface area contributed by atoms with Crippen molar-refractivity contribution in [2.45, 2.75) is 51.5 Å². The van der Waals surface area contributed by atoms with Crippen molar-refractivity contribution in [1.82, 2.24) is 25.1 Å². The van der Waals surface area contributed by atoms with Gasteiger partial charge in [0, 0.05) is 37.0 Å². The number of ether oxygens (including phenoxy) is 1. The van der Waals surface area contributed by atoms with Gasteiger partial charge in [0.2, 0.25) is 6.41 Å². The molecule has 2 aromatic rings. The number of carbonyl (C=O) groups excluding carboxylic acids is 3. The number of amides is 4. The van der Waals surface area contributed by atoms with E-state index in [-0.39, 0.29) is 30.2 Å². The SMILES string of the molecule is Cc1c2c(nn1CC(CNC(=O)OC1CC1)ON(C)C=O)CCN(C(=O)Nc1ccc(F)c(Cl)c1)C2. The fraction of sp³-hybridized carbons (Fsp3) is 0.478. The number of hydrogen-bond donors (Lipinski definition) is 2. The Morgan fingerprint density at radius 1 is 1.39 bits per heavy atom. The summed E-state index contributed by atoms with van der Waals surface area (Å²) in [6, 6.07) is 3.67. The quantitative estimate of drug-likeness (QED) is 0.386. The minimum absolute atomic E-state index is 0.0257. The van der Waals surface area contributed by atoms with E-state index in [2.05, 4.69) is 15.7 Å². The second-order valence-corrected chi connectivity index (χ2v) is 9.20. The molecule has 2 N–H and O–H groups in total. The third kappa shape index (κ3) is 6.43. The number of nitrogens with one attached hydrogen (secondary N) is 2. The summed E-state index contributed by atoms with van der Waals surface area (Å²) in [5.41, 5.74) is 3.02. The average Bonchev–Trinajstić information content (AvgIpc) is 3.62. The minimum Gasteiger partial charge on any atom is -0.446 e. The van der Waals surface area contributed by atoms with Gasteiger partial charge in [0.25, 0.3) is 0 Å². The number of halogens is 2. The van der Waals surface area contributed by atoms with E-state index < -0.39 is 18.0 Å². The van der Waals surface area contributed by atoms with Gasteiger partial charge in [0.15, 0.2) is 0 Å². The Hall–Kier alpha value is -3.38. The van der Waals surface area contributed by atoms with Gasteiger partial charge in [0.1, 0.15) is 18.0 Å². The lowest BCUT2D eigenvalue weighted by Crippen LogP contribution is -2.40. The van der Waals surface area contributed by atoms with E-state index in [0.29, 0.717) is 31.6 Å². The lowest BCUT2D eigenvalue weighted by atomic mass is 10.1. The van der Waals surface area contributed by atoms with Crippen LogP contribution < -0.4 is 10.6 Å². The lowest BCUT2D eigenvalue weighted by molar-refractivity contribution is -0.185. The zero-order valence-electron chi connectivity index (χ0n) is 20.0. The van der Waals surface area contributed by atoms with Crippen molar-refractivity contribution >= 4 is 35.8 Å². The van der Waals surface area contributed by atoms with Crippen molar-refractivity contribution in [2.24, 2.45) is 0 Å². The monoisotopic (exact) mass is 522 g/mol. The molecule has 1 aromatic carbocycles. The normalized spacial score (nSPS) is 15.6. The Morgan fingerprint density at radius 3 is 2.86 bits per heavy atom. The van der Waals surface area contributed by atoms with E-state index in [4.69, 9.17) is 21.2 Å². The number of fused-ring (bicyclic) bond motifs is 1.